The Bertz CT molecular complexity index is 586. The first-order valence-electron chi connectivity index (χ1n) is 7.15. The average Bonchev–Trinajstić information content (AvgIpc) is 2.54. The molecule has 0 aliphatic rings. The molecule has 112 valence electrons. The molecule has 2 rings (SSSR count). The maximum Gasteiger partial charge on any atom is 0.122 e. The van der Waals surface area contributed by atoms with E-state index in [1.54, 1.807) is 7.11 Å². The number of ether oxygens (including phenoxy) is 1. The summed E-state index contributed by atoms with van der Waals surface area (Å²) in [5, 5.41) is 0. The largest absolute Gasteiger partial charge is 0.496 e. The molecule has 0 amide bonds. The summed E-state index contributed by atoms with van der Waals surface area (Å²) in [5.41, 5.74) is 8.91. The highest BCUT2D eigenvalue weighted by Gasteiger charge is 2.13. The van der Waals surface area contributed by atoms with E-state index in [0.29, 0.717) is 12.6 Å². The Morgan fingerprint density at radius 1 is 1.29 bits per heavy atom. The van der Waals surface area contributed by atoms with Gasteiger partial charge in [0.1, 0.15) is 5.75 Å². The van der Waals surface area contributed by atoms with Crippen molar-refractivity contribution >= 4 is 5.69 Å². The highest BCUT2D eigenvalue weighted by atomic mass is 16.5. The Balaban J connectivity index is 2.13. The van der Waals surface area contributed by atoms with Crippen LogP contribution in [0, 0.1) is 0 Å². The van der Waals surface area contributed by atoms with Crippen LogP contribution in [0.2, 0.25) is 0 Å². The molecule has 0 aliphatic carbocycles. The molecule has 1 heterocycles. The van der Waals surface area contributed by atoms with Crippen LogP contribution in [0.5, 0.6) is 5.75 Å². The van der Waals surface area contributed by atoms with Gasteiger partial charge in [-0.1, -0.05) is 18.2 Å². The van der Waals surface area contributed by atoms with E-state index in [-0.39, 0.29) is 0 Å². The van der Waals surface area contributed by atoms with Gasteiger partial charge in [-0.2, -0.15) is 0 Å². The maximum atomic E-state index is 5.66. The number of pyridine rings is 1. The number of nitrogens with zero attached hydrogens (tertiary/aromatic N) is 2. The summed E-state index contributed by atoms with van der Waals surface area (Å²) in [6, 6.07) is 12.5. The first-order valence-corrected chi connectivity index (χ1v) is 7.15. The number of benzene rings is 1. The second-order valence-corrected chi connectivity index (χ2v) is 5.19. The van der Waals surface area contributed by atoms with E-state index in [0.717, 1.165) is 23.6 Å². The van der Waals surface area contributed by atoms with Crippen molar-refractivity contribution in [2.75, 3.05) is 19.1 Å². The lowest BCUT2D eigenvalue weighted by molar-refractivity contribution is 0.408. The Labute approximate surface area is 126 Å². The van der Waals surface area contributed by atoms with Crippen LogP contribution in [0.3, 0.4) is 0 Å². The molecular formula is C17H23N3O. The van der Waals surface area contributed by atoms with Crippen LogP contribution < -0.4 is 15.4 Å². The molecule has 1 aromatic carbocycles. The van der Waals surface area contributed by atoms with Crippen molar-refractivity contribution in [2.24, 2.45) is 5.73 Å². The van der Waals surface area contributed by atoms with E-state index >= 15 is 0 Å². The third-order valence-electron chi connectivity index (χ3n) is 3.79. The van der Waals surface area contributed by atoms with Gasteiger partial charge in [0.25, 0.3) is 0 Å². The van der Waals surface area contributed by atoms with E-state index < -0.39 is 0 Å². The van der Waals surface area contributed by atoms with E-state index in [2.05, 4.69) is 29.9 Å². The van der Waals surface area contributed by atoms with Crippen LogP contribution in [0.4, 0.5) is 5.69 Å². The molecule has 0 radical (unpaired) electrons. The number of hydrogen-bond donors (Lipinski definition) is 1. The van der Waals surface area contributed by atoms with Crippen molar-refractivity contribution in [1.29, 1.82) is 0 Å². The van der Waals surface area contributed by atoms with Gasteiger partial charge in [0.05, 0.1) is 12.8 Å². The van der Waals surface area contributed by atoms with Crippen molar-refractivity contribution < 1.29 is 4.74 Å². The van der Waals surface area contributed by atoms with Gasteiger partial charge in [-0.05, 0) is 37.1 Å². The monoisotopic (exact) mass is 285 g/mol. The number of likely N-dealkylation sites (N-methyl/N-ethyl adjacent to an activating group) is 1. The normalized spacial score (nSPS) is 12.0. The van der Waals surface area contributed by atoms with Gasteiger partial charge in [-0.3, -0.25) is 4.98 Å². The van der Waals surface area contributed by atoms with Gasteiger partial charge in [-0.25, -0.2) is 0 Å². The lowest BCUT2D eigenvalue weighted by atomic mass is 10.0. The molecule has 1 unspecified atom stereocenters. The lowest BCUT2D eigenvalue weighted by Gasteiger charge is -2.28. The van der Waals surface area contributed by atoms with Gasteiger partial charge in [-0.15, -0.1) is 0 Å². The van der Waals surface area contributed by atoms with Crippen LogP contribution >= 0.6 is 0 Å². The molecule has 2 aromatic rings. The Morgan fingerprint density at radius 2 is 2.05 bits per heavy atom. The molecular weight excluding hydrogens is 262 g/mol. The average molecular weight is 285 g/mol. The molecule has 4 nitrogen and oxygen atoms in total. The Hall–Kier alpha value is -2.07. The predicted octanol–water partition coefficient (Wildman–Crippen LogP) is 2.62. The highest BCUT2D eigenvalue weighted by molar-refractivity contribution is 5.47. The summed E-state index contributed by atoms with van der Waals surface area (Å²) in [5.74, 6) is 0.940. The standard InChI is InChI=1S/C17H23N3O/c1-13(10-14-6-4-5-7-17(14)21-3)20(2)16-8-9-19-15(11-16)12-18/h4-9,11,13H,10,12,18H2,1-3H3. The maximum absolute atomic E-state index is 5.66. The molecule has 1 aromatic heterocycles. The number of anilines is 1. The van der Waals surface area contributed by atoms with E-state index in [4.69, 9.17) is 10.5 Å². The summed E-state index contributed by atoms with van der Waals surface area (Å²) in [4.78, 5) is 6.48. The third kappa shape index (κ3) is 3.73. The SMILES string of the molecule is COc1ccccc1CC(C)N(C)c1ccnc(CN)c1. The smallest absolute Gasteiger partial charge is 0.122 e. The summed E-state index contributed by atoms with van der Waals surface area (Å²) in [6.45, 7) is 2.66. The van der Waals surface area contributed by atoms with E-state index in [1.807, 2.05) is 36.5 Å². The molecule has 0 saturated carbocycles. The summed E-state index contributed by atoms with van der Waals surface area (Å²) in [6.07, 6.45) is 2.73. The number of aromatic nitrogens is 1. The number of para-hydroxylation sites is 1. The third-order valence-corrected chi connectivity index (χ3v) is 3.79. The minimum Gasteiger partial charge on any atom is -0.496 e. The lowest BCUT2D eigenvalue weighted by Crippen LogP contribution is -2.31. The van der Waals surface area contributed by atoms with Crippen molar-refractivity contribution in [1.82, 2.24) is 4.98 Å². The minimum absolute atomic E-state index is 0.342. The van der Waals surface area contributed by atoms with Crippen LogP contribution in [0.25, 0.3) is 0 Å². The molecule has 1 atom stereocenters. The zero-order chi connectivity index (χ0) is 15.2. The molecule has 21 heavy (non-hydrogen) atoms. The second-order valence-electron chi connectivity index (χ2n) is 5.19. The van der Waals surface area contributed by atoms with Crippen molar-refractivity contribution in [3.63, 3.8) is 0 Å². The van der Waals surface area contributed by atoms with Crippen LogP contribution in [0.15, 0.2) is 42.6 Å². The van der Waals surface area contributed by atoms with Gasteiger partial charge >= 0.3 is 0 Å². The van der Waals surface area contributed by atoms with Crippen molar-refractivity contribution in [3.05, 3.63) is 53.9 Å². The van der Waals surface area contributed by atoms with Gasteiger partial charge in [0.15, 0.2) is 0 Å². The summed E-state index contributed by atoms with van der Waals surface area (Å²) in [7, 11) is 3.80. The highest BCUT2D eigenvalue weighted by Crippen LogP contribution is 2.22. The molecule has 2 N–H and O–H groups in total. The van der Waals surface area contributed by atoms with Crippen molar-refractivity contribution in [2.45, 2.75) is 25.9 Å². The number of hydrogen-bond acceptors (Lipinski definition) is 4. The Morgan fingerprint density at radius 3 is 2.76 bits per heavy atom. The first kappa shape index (κ1) is 15.3. The number of methoxy groups -OCH3 is 1. The topological polar surface area (TPSA) is 51.4 Å². The fourth-order valence-corrected chi connectivity index (χ4v) is 2.38. The molecule has 4 heteroatoms. The zero-order valence-corrected chi connectivity index (χ0v) is 12.9. The van der Waals surface area contributed by atoms with E-state index in [1.165, 1.54) is 5.56 Å². The Kier molecular flexibility index (Phi) is 5.17. The fourth-order valence-electron chi connectivity index (χ4n) is 2.38. The van der Waals surface area contributed by atoms with E-state index in [9.17, 15) is 0 Å². The molecule has 0 fully saturated rings. The molecule has 0 saturated heterocycles. The quantitative estimate of drug-likeness (QED) is 0.886. The second kappa shape index (κ2) is 7.09. The fraction of sp³-hybridized carbons (Fsp3) is 0.353. The van der Waals surface area contributed by atoms with Gasteiger partial charge < -0.3 is 15.4 Å². The van der Waals surface area contributed by atoms with Crippen LogP contribution in [-0.4, -0.2) is 25.2 Å². The van der Waals surface area contributed by atoms with Gasteiger partial charge in [0, 0.05) is 31.5 Å². The minimum atomic E-state index is 0.342. The van der Waals surface area contributed by atoms with Crippen LogP contribution in [0.1, 0.15) is 18.2 Å². The molecule has 0 bridgehead atoms. The molecule has 0 aliphatic heterocycles. The molecule has 0 spiro atoms. The number of nitrogens with two attached hydrogens (primary N) is 1. The van der Waals surface area contributed by atoms with Gasteiger partial charge in [0.2, 0.25) is 0 Å². The van der Waals surface area contributed by atoms with Crippen LogP contribution in [-0.2, 0) is 13.0 Å². The predicted molar refractivity (Wildman–Crippen MR) is 86.7 cm³/mol. The van der Waals surface area contributed by atoms with Crippen molar-refractivity contribution in [3.8, 4) is 5.75 Å². The summed E-state index contributed by atoms with van der Waals surface area (Å²) >= 11 is 0. The first-order chi connectivity index (χ1) is 10.2. The summed E-state index contributed by atoms with van der Waals surface area (Å²) < 4.78 is 5.42. The number of rotatable bonds is 6. The zero-order valence-electron chi connectivity index (χ0n) is 12.9.